The average Bonchev–Trinajstić information content (AvgIpc) is 2.78. The maximum absolute atomic E-state index is 6.08. The summed E-state index contributed by atoms with van der Waals surface area (Å²) in [5.41, 5.74) is 4.21. The molecule has 0 bridgehead atoms. The monoisotopic (exact) mass is 540 g/mol. The summed E-state index contributed by atoms with van der Waals surface area (Å²) in [7, 11) is 0. The predicted octanol–water partition coefficient (Wildman–Crippen LogP) is 5.67. The minimum absolute atomic E-state index is 0.212. The second-order valence-electron chi connectivity index (χ2n) is 9.29. The van der Waals surface area contributed by atoms with Crippen LogP contribution in [0.4, 0.5) is 0 Å². The van der Waals surface area contributed by atoms with Crippen molar-refractivity contribution in [2.45, 2.75) is 53.6 Å². The van der Waals surface area contributed by atoms with E-state index in [9.17, 15) is 0 Å². The van der Waals surface area contributed by atoms with Gasteiger partial charge in [-0.3, -0.25) is 0 Å². The van der Waals surface area contributed by atoms with Crippen molar-refractivity contribution in [2.75, 3.05) is 52.7 Å². The Kier molecular flexibility index (Phi) is 13.9. The zero-order valence-corrected chi connectivity index (χ0v) is 24.0. The summed E-state index contributed by atoms with van der Waals surface area (Å²) in [6.45, 7) is 17.3. The third-order valence-corrected chi connectivity index (χ3v) is 6.09. The van der Waals surface area contributed by atoms with Crippen molar-refractivity contribution in [3.8, 4) is 11.5 Å². The number of aryl methyl sites for hydroxylation is 4. The van der Waals surface area contributed by atoms with Crippen molar-refractivity contribution in [2.24, 2.45) is 0 Å². The van der Waals surface area contributed by atoms with Crippen LogP contribution in [0.1, 0.15) is 36.1 Å². The van der Waals surface area contributed by atoms with Gasteiger partial charge in [-0.25, -0.2) is 0 Å². The third kappa shape index (κ3) is 11.2. The smallest absolute Gasteiger partial charge is 0.125 e. The predicted molar refractivity (Wildman–Crippen MR) is 149 cm³/mol. The summed E-state index contributed by atoms with van der Waals surface area (Å²) in [6, 6.07) is 8.12. The number of hydrogen-bond acceptors (Lipinski definition) is 6. The van der Waals surface area contributed by atoms with Crippen LogP contribution in [0.25, 0.3) is 0 Å². The van der Waals surface area contributed by atoms with Crippen molar-refractivity contribution in [1.29, 1.82) is 0 Å². The normalized spacial score (nSPS) is 13.0. The molecule has 0 aromatic heterocycles. The fourth-order valence-electron chi connectivity index (χ4n) is 3.86. The molecule has 0 radical (unpaired) electrons. The van der Waals surface area contributed by atoms with E-state index in [1.165, 1.54) is 0 Å². The van der Waals surface area contributed by atoms with E-state index >= 15 is 0 Å². The number of ether oxygens (including phenoxy) is 4. The SMILES string of the molecule is Cc1cc(Cl)cc(C)c1OCC(C)NCCOCCOCCNC(C)COc1c(C)cc(Cl)cc1C. The van der Waals surface area contributed by atoms with Crippen LogP contribution in [-0.2, 0) is 9.47 Å². The first-order valence-corrected chi connectivity index (χ1v) is 13.3. The lowest BCUT2D eigenvalue weighted by Gasteiger charge is -2.18. The molecule has 8 heteroatoms. The topological polar surface area (TPSA) is 61.0 Å². The highest BCUT2D eigenvalue weighted by Gasteiger charge is 2.10. The van der Waals surface area contributed by atoms with Crippen LogP contribution in [-0.4, -0.2) is 64.8 Å². The highest BCUT2D eigenvalue weighted by Crippen LogP contribution is 2.28. The van der Waals surface area contributed by atoms with Crippen molar-refractivity contribution >= 4 is 23.2 Å². The molecule has 2 aromatic rings. The van der Waals surface area contributed by atoms with Gasteiger partial charge >= 0.3 is 0 Å². The Morgan fingerprint density at radius 3 is 1.28 bits per heavy atom. The molecule has 202 valence electrons. The lowest BCUT2D eigenvalue weighted by Crippen LogP contribution is -2.35. The summed E-state index contributed by atoms with van der Waals surface area (Å²) in [6.07, 6.45) is 0. The summed E-state index contributed by atoms with van der Waals surface area (Å²) in [4.78, 5) is 0. The van der Waals surface area contributed by atoms with Gasteiger partial charge in [0, 0.05) is 35.2 Å². The van der Waals surface area contributed by atoms with Crippen molar-refractivity contribution in [1.82, 2.24) is 10.6 Å². The Balaban J connectivity index is 1.44. The highest BCUT2D eigenvalue weighted by atomic mass is 35.5. The van der Waals surface area contributed by atoms with Gasteiger partial charge < -0.3 is 29.6 Å². The maximum atomic E-state index is 6.08. The second kappa shape index (κ2) is 16.3. The molecular weight excluding hydrogens is 499 g/mol. The number of hydrogen-bond donors (Lipinski definition) is 2. The van der Waals surface area contributed by atoms with Gasteiger partial charge in [0.1, 0.15) is 24.7 Å². The number of benzene rings is 2. The quantitative estimate of drug-likeness (QED) is 0.252. The van der Waals surface area contributed by atoms with E-state index in [1.807, 2.05) is 52.0 Å². The minimum Gasteiger partial charge on any atom is -0.491 e. The molecule has 0 amide bonds. The van der Waals surface area contributed by atoms with Gasteiger partial charge in [-0.2, -0.15) is 0 Å². The first-order valence-electron chi connectivity index (χ1n) is 12.6. The Morgan fingerprint density at radius 1 is 0.611 bits per heavy atom. The summed E-state index contributed by atoms with van der Waals surface area (Å²) in [5.74, 6) is 1.81. The number of rotatable bonds is 17. The van der Waals surface area contributed by atoms with Gasteiger partial charge in [0.05, 0.1) is 26.4 Å². The first kappa shape index (κ1) is 30.7. The van der Waals surface area contributed by atoms with Crippen molar-refractivity contribution in [3.63, 3.8) is 0 Å². The van der Waals surface area contributed by atoms with Gasteiger partial charge in [-0.1, -0.05) is 23.2 Å². The van der Waals surface area contributed by atoms with Crippen molar-refractivity contribution < 1.29 is 18.9 Å². The summed E-state index contributed by atoms with van der Waals surface area (Å²) >= 11 is 12.2. The second-order valence-corrected chi connectivity index (χ2v) is 10.2. The Labute approximate surface area is 226 Å². The average molecular weight is 542 g/mol. The molecule has 0 aliphatic rings. The van der Waals surface area contributed by atoms with Gasteiger partial charge in [-0.15, -0.1) is 0 Å². The zero-order chi connectivity index (χ0) is 26.5. The number of halogens is 2. The van der Waals surface area contributed by atoms with Crippen molar-refractivity contribution in [3.05, 3.63) is 56.6 Å². The fraction of sp³-hybridized carbons (Fsp3) is 0.571. The van der Waals surface area contributed by atoms with Crippen LogP contribution >= 0.6 is 23.2 Å². The largest absolute Gasteiger partial charge is 0.491 e. The highest BCUT2D eigenvalue weighted by molar-refractivity contribution is 6.31. The molecule has 0 spiro atoms. The minimum atomic E-state index is 0.212. The molecule has 0 saturated heterocycles. The molecule has 0 saturated carbocycles. The standard InChI is InChI=1S/C28H42Cl2N2O4/c1-19-13-25(29)14-20(2)27(19)35-17-23(5)31-7-9-33-11-12-34-10-8-32-24(6)18-36-28-21(3)15-26(30)16-22(28)4/h13-16,23-24,31-32H,7-12,17-18H2,1-6H3. The van der Waals surface area contributed by atoms with Gasteiger partial charge in [0.25, 0.3) is 0 Å². The molecule has 36 heavy (non-hydrogen) atoms. The van der Waals surface area contributed by atoms with Crippen LogP contribution < -0.4 is 20.1 Å². The Bertz CT molecular complexity index is 820. The van der Waals surface area contributed by atoms with E-state index in [4.69, 9.17) is 42.1 Å². The lowest BCUT2D eigenvalue weighted by molar-refractivity contribution is 0.0481. The molecule has 2 rings (SSSR count). The van der Waals surface area contributed by atoms with E-state index in [2.05, 4.69) is 24.5 Å². The molecule has 0 fully saturated rings. The molecule has 0 heterocycles. The van der Waals surface area contributed by atoms with E-state index in [0.717, 1.165) is 56.9 Å². The van der Waals surface area contributed by atoms with Gasteiger partial charge in [0.15, 0.2) is 0 Å². The molecule has 2 atom stereocenters. The van der Waals surface area contributed by atoms with Crippen LogP contribution in [0.3, 0.4) is 0 Å². The van der Waals surface area contributed by atoms with Crippen LogP contribution in [0.5, 0.6) is 11.5 Å². The van der Waals surface area contributed by atoms with Gasteiger partial charge in [0.2, 0.25) is 0 Å². The molecule has 0 aliphatic carbocycles. The number of nitrogens with one attached hydrogen (secondary N) is 2. The van der Waals surface area contributed by atoms with E-state index in [1.54, 1.807) is 0 Å². The fourth-order valence-corrected chi connectivity index (χ4v) is 4.52. The zero-order valence-electron chi connectivity index (χ0n) is 22.5. The first-order chi connectivity index (χ1) is 17.2. The lowest BCUT2D eigenvalue weighted by atomic mass is 10.1. The molecule has 2 unspecified atom stereocenters. The van der Waals surface area contributed by atoms with E-state index in [0.29, 0.717) is 39.6 Å². The molecule has 0 aliphatic heterocycles. The summed E-state index contributed by atoms with van der Waals surface area (Å²) in [5, 5.41) is 8.30. The Hall–Kier alpha value is -1.54. The molecule has 2 aromatic carbocycles. The maximum Gasteiger partial charge on any atom is 0.125 e. The Morgan fingerprint density at radius 2 is 0.944 bits per heavy atom. The molecule has 2 N–H and O–H groups in total. The molecular formula is C28H42Cl2N2O4. The third-order valence-electron chi connectivity index (χ3n) is 5.66. The van der Waals surface area contributed by atoms with Crippen LogP contribution in [0.15, 0.2) is 24.3 Å². The van der Waals surface area contributed by atoms with E-state index < -0.39 is 0 Å². The summed E-state index contributed by atoms with van der Waals surface area (Å²) < 4.78 is 23.3. The van der Waals surface area contributed by atoms with Crippen LogP contribution in [0, 0.1) is 27.7 Å². The van der Waals surface area contributed by atoms with E-state index in [-0.39, 0.29) is 12.1 Å². The van der Waals surface area contributed by atoms with Crippen LogP contribution in [0.2, 0.25) is 10.0 Å². The molecule has 6 nitrogen and oxygen atoms in total. The van der Waals surface area contributed by atoms with Gasteiger partial charge in [-0.05, 0) is 88.1 Å².